The molecule has 152 valence electrons. The molecule has 2 aliphatic rings. The van der Waals surface area contributed by atoms with E-state index in [2.05, 4.69) is 15.0 Å². The molecule has 7 nitrogen and oxygen atoms in total. The molecule has 2 aliphatic heterocycles. The number of nitrogens with one attached hydrogen (secondary N) is 1. The summed E-state index contributed by atoms with van der Waals surface area (Å²) in [5.41, 5.74) is 1.08. The molecule has 0 unspecified atom stereocenters. The van der Waals surface area contributed by atoms with Gasteiger partial charge in [0.1, 0.15) is 18.3 Å². The first-order valence-corrected chi connectivity index (χ1v) is 9.00. The van der Waals surface area contributed by atoms with Gasteiger partial charge in [-0.25, -0.2) is 4.98 Å². The number of ether oxygens (including phenoxy) is 1. The van der Waals surface area contributed by atoms with Crippen LogP contribution in [-0.4, -0.2) is 42.3 Å². The summed E-state index contributed by atoms with van der Waals surface area (Å²) in [4.78, 5) is 32.7. The van der Waals surface area contributed by atoms with Crippen LogP contribution in [0.2, 0.25) is 0 Å². The summed E-state index contributed by atoms with van der Waals surface area (Å²) < 4.78 is 40.9. The third-order valence-electron chi connectivity index (χ3n) is 4.82. The predicted molar refractivity (Wildman–Crippen MR) is 98.7 cm³/mol. The summed E-state index contributed by atoms with van der Waals surface area (Å²) in [6.45, 7) is 0.441. The zero-order valence-electron chi connectivity index (χ0n) is 15.1. The van der Waals surface area contributed by atoms with Gasteiger partial charge in [-0.15, -0.1) is 13.2 Å². The number of rotatable bonds is 3. The van der Waals surface area contributed by atoms with Crippen molar-refractivity contribution in [1.82, 2.24) is 4.98 Å². The van der Waals surface area contributed by atoms with E-state index in [1.54, 1.807) is 18.3 Å². The Labute approximate surface area is 164 Å². The highest BCUT2D eigenvalue weighted by Crippen LogP contribution is 2.33. The standard InChI is InChI=1S/C19H17F3N4O3/c20-19(21,22)29-13-7-5-12(6-8-13)25-10-2-4-15(25)18(28)26-11-16(27)24-14-3-1-9-23-17(14)26/h1,3,5-9,15H,2,4,10-11H2,(H,24,27)/t15-/m0/s1. The number of benzene rings is 1. The Kier molecular flexibility index (Phi) is 4.77. The van der Waals surface area contributed by atoms with E-state index < -0.39 is 12.4 Å². The molecule has 0 spiro atoms. The molecule has 3 heterocycles. The minimum atomic E-state index is -4.76. The van der Waals surface area contributed by atoms with Crippen molar-refractivity contribution in [2.45, 2.75) is 25.2 Å². The molecule has 0 radical (unpaired) electrons. The van der Waals surface area contributed by atoms with Gasteiger partial charge in [-0.2, -0.15) is 0 Å². The number of nitrogens with zero attached hydrogens (tertiary/aromatic N) is 3. The van der Waals surface area contributed by atoms with Crippen LogP contribution in [0.5, 0.6) is 5.75 Å². The lowest BCUT2D eigenvalue weighted by Crippen LogP contribution is -2.50. The number of aromatic nitrogens is 1. The normalized spacial score (nSPS) is 19.0. The quantitative estimate of drug-likeness (QED) is 0.849. The molecular formula is C19H17F3N4O3. The molecule has 0 bridgehead atoms. The maximum absolute atomic E-state index is 13.2. The number of alkyl halides is 3. The van der Waals surface area contributed by atoms with Gasteiger partial charge in [0.05, 0.1) is 5.69 Å². The van der Waals surface area contributed by atoms with Gasteiger partial charge >= 0.3 is 6.36 Å². The monoisotopic (exact) mass is 406 g/mol. The van der Waals surface area contributed by atoms with Crippen molar-refractivity contribution in [3.05, 3.63) is 42.6 Å². The van der Waals surface area contributed by atoms with Crippen LogP contribution in [0.15, 0.2) is 42.6 Å². The first kappa shape index (κ1) is 19.0. The second-order valence-electron chi connectivity index (χ2n) is 6.74. The Balaban J connectivity index is 1.56. The van der Waals surface area contributed by atoms with Crippen LogP contribution >= 0.6 is 0 Å². The van der Waals surface area contributed by atoms with Crippen molar-refractivity contribution in [1.29, 1.82) is 0 Å². The van der Waals surface area contributed by atoms with Crippen LogP contribution in [0, 0.1) is 0 Å². The van der Waals surface area contributed by atoms with Crippen LogP contribution in [0.1, 0.15) is 12.8 Å². The molecule has 1 aromatic heterocycles. The number of carbonyl (C=O) groups excluding carboxylic acids is 2. The number of anilines is 3. The smallest absolute Gasteiger partial charge is 0.406 e. The molecule has 29 heavy (non-hydrogen) atoms. The zero-order valence-corrected chi connectivity index (χ0v) is 15.1. The summed E-state index contributed by atoms with van der Waals surface area (Å²) in [6, 6.07) is 8.21. The van der Waals surface area contributed by atoms with Crippen molar-refractivity contribution in [2.75, 3.05) is 28.2 Å². The number of hydrogen-bond acceptors (Lipinski definition) is 5. The van der Waals surface area contributed by atoms with Gasteiger partial charge in [-0.05, 0) is 49.2 Å². The molecular weight excluding hydrogens is 389 g/mol. The van der Waals surface area contributed by atoms with E-state index in [4.69, 9.17) is 0 Å². The minimum Gasteiger partial charge on any atom is -0.406 e. The van der Waals surface area contributed by atoms with E-state index in [1.807, 2.05) is 4.90 Å². The Morgan fingerprint density at radius 2 is 1.97 bits per heavy atom. The molecule has 2 amide bonds. The largest absolute Gasteiger partial charge is 0.573 e. The molecule has 1 aromatic carbocycles. The highest BCUT2D eigenvalue weighted by atomic mass is 19.4. The molecule has 0 aliphatic carbocycles. The van der Waals surface area contributed by atoms with E-state index in [0.29, 0.717) is 30.2 Å². The number of hydrogen-bond donors (Lipinski definition) is 1. The third-order valence-corrected chi connectivity index (χ3v) is 4.82. The van der Waals surface area contributed by atoms with Crippen LogP contribution in [0.4, 0.5) is 30.4 Å². The fourth-order valence-corrected chi connectivity index (χ4v) is 3.65. The fourth-order valence-electron chi connectivity index (χ4n) is 3.65. The zero-order chi connectivity index (χ0) is 20.6. The van der Waals surface area contributed by atoms with Crippen LogP contribution in [0.25, 0.3) is 0 Å². The van der Waals surface area contributed by atoms with Crippen LogP contribution in [0.3, 0.4) is 0 Å². The van der Waals surface area contributed by atoms with Gasteiger partial charge in [-0.3, -0.25) is 14.5 Å². The molecule has 1 N–H and O–H groups in total. The van der Waals surface area contributed by atoms with E-state index >= 15 is 0 Å². The molecule has 2 aromatic rings. The third kappa shape index (κ3) is 3.96. The number of fused-ring (bicyclic) bond motifs is 1. The maximum Gasteiger partial charge on any atom is 0.573 e. The topological polar surface area (TPSA) is 74.8 Å². The second-order valence-corrected chi connectivity index (χ2v) is 6.74. The highest BCUT2D eigenvalue weighted by Gasteiger charge is 2.38. The Bertz CT molecular complexity index is 933. The molecule has 1 fully saturated rings. The van der Waals surface area contributed by atoms with Crippen LogP contribution < -0.4 is 19.9 Å². The summed E-state index contributed by atoms with van der Waals surface area (Å²) >= 11 is 0. The first-order chi connectivity index (χ1) is 13.8. The Hall–Kier alpha value is -3.30. The Morgan fingerprint density at radius 3 is 2.69 bits per heavy atom. The van der Waals surface area contributed by atoms with Crippen molar-refractivity contribution in [2.24, 2.45) is 0 Å². The van der Waals surface area contributed by atoms with E-state index in [9.17, 15) is 22.8 Å². The van der Waals surface area contributed by atoms with Gasteiger partial charge in [0.25, 0.3) is 5.91 Å². The van der Waals surface area contributed by atoms with Gasteiger partial charge in [-0.1, -0.05) is 0 Å². The Morgan fingerprint density at radius 1 is 1.21 bits per heavy atom. The number of carbonyl (C=O) groups is 2. The minimum absolute atomic E-state index is 0.133. The molecule has 10 heteroatoms. The molecule has 1 saturated heterocycles. The number of amides is 2. The highest BCUT2D eigenvalue weighted by molar-refractivity contribution is 6.11. The van der Waals surface area contributed by atoms with Crippen molar-refractivity contribution in [3.63, 3.8) is 0 Å². The van der Waals surface area contributed by atoms with Gasteiger partial charge in [0, 0.05) is 18.4 Å². The van der Waals surface area contributed by atoms with Crippen molar-refractivity contribution >= 4 is 29.0 Å². The average Bonchev–Trinajstić information content (AvgIpc) is 3.16. The van der Waals surface area contributed by atoms with Gasteiger partial charge < -0.3 is 15.0 Å². The number of halogens is 3. The maximum atomic E-state index is 13.2. The lowest BCUT2D eigenvalue weighted by Gasteiger charge is -2.33. The lowest BCUT2D eigenvalue weighted by atomic mass is 10.1. The summed E-state index contributed by atoms with van der Waals surface area (Å²) in [7, 11) is 0. The molecule has 4 rings (SSSR count). The summed E-state index contributed by atoms with van der Waals surface area (Å²) in [6.07, 6.45) is -1.91. The van der Waals surface area contributed by atoms with Crippen LogP contribution in [-0.2, 0) is 9.59 Å². The lowest BCUT2D eigenvalue weighted by molar-refractivity contribution is -0.274. The van der Waals surface area contributed by atoms with Crippen molar-refractivity contribution < 1.29 is 27.5 Å². The van der Waals surface area contributed by atoms with Gasteiger partial charge in [0.15, 0.2) is 5.82 Å². The summed E-state index contributed by atoms with van der Waals surface area (Å²) in [5.74, 6) is -0.517. The van der Waals surface area contributed by atoms with E-state index in [-0.39, 0.29) is 24.1 Å². The SMILES string of the molecule is O=C1CN(C(=O)[C@@H]2CCCN2c2ccc(OC(F)(F)F)cc2)c2ncccc2N1. The van der Waals surface area contributed by atoms with E-state index in [0.717, 1.165) is 6.42 Å². The molecule has 0 saturated carbocycles. The average molecular weight is 406 g/mol. The number of pyridine rings is 1. The van der Waals surface area contributed by atoms with Crippen molar-refractivity contribution in [3.8, 4) is 5.75 Å². The first-order valence-electron chi connectivity index (χ1n) is 9.00. The summed E-state index contributed by atoms with van der Waals surface area (Å²) in [5, 5.41) is 2.69. The second kappa shape index (κ2) is 7.26. The van der Waals surface area contributed by atoms with Gasteiger partial charge in [0.2, 0.25) is 5.91 Å². The van der Waals surface area contributed by atoms with E-state index in [1.165, 1.54) is 29.2 Å². The molecule has 1 atom stereocenters. The predicted octanol–water partition coefficient (Wildman–Crippen LogP) is 2.93. The fraction of sp³-hybridized carbons (Fsp3) is 0.316.